The maximum Gasteiger partial charge on any atom is 0.243 e. The van der Waals surface area contributed by atoms with Crippen molar-refractivity contribution in [2.24, 2.45) is 0 Å². The van der Waals surface area contributed by atoms with Gasteiger partial charge in [0, 0.05) is 6.54 Å². The van der Waals surface area contributed by atoms with Crippen molar-refractivity contribution in [3.05, 3.63) is 96.1 Å². The van der Waals surface area contributed by atoms with Gasteiger partial charge in [0.1, 0.15) is 11.6 Å². The first-order valence-corrected chi connectivity index (χ1v) is 10.1. The molecule has 0 bridgehead atoms. The summed E-state index contributed by atoms with van der Waals surface area (Å²) in [5, 5.41) is 2.38. The highest BCUT2D eigenvalue weighted by Crippen LogP contribution is 2.20. The van der Waals surface area contributed by atoms with Gasteiger partial charge < -0.3 is 5.32 Å². The highest BCUT2D eigenvalue weighted by Gasteiger charge is 2.27. The van der Waals surface area contributed by atoms with Crippen LogP contribution >= 0.6 is 0 Å². The van der Waals surface area contributed by atoms with Gasteiger partial charge >= 0.3 is 0 Å². The van der Waals surface area contributed by atoms with Gasteiger partial charge in [-0.2, -0.15) is 4.31 Å². The summed E-state index contributed by atoms with van der Waals surface area (Å²) < 4.78 is 54.1. The molecule has 0 aliphatic rings. The number of hydrogen-bond acceptors (Lipinski definition) is 3. The number of anilines is 1. The first kappa shape index (κ1) is 20.6. The Balaban J connectivity index is 1.87. The maximum absolute atomic E-state index is 13.8. The Morgan fingerprint density at radius 1 is 0.862 bits per heavy atom. The number of carbonyl (C=O) groups excluding carboxylic acids is 1. The Kier molecular flexibility index (Phi) is 6.36. The molecule has 0 saturated heterocycles. The van der Waals surface area contributed by atoms with Gasteiger partial charge in [0.05, 0.1) is 17.1 Å². The maximum atomic E-state index is 13.8. The highest BCUT2D eigenvalue weighted by atomic mass is 32.2. The molecule has 3 aromatic carbocycles. The normalized spacial score (nSPS) is 11.4. The number of hydrogen-bond donors (Lipinski definition) is 1. The standard InChI is InChI=1S/C21H18F2N2O3S/c22-17-10-12-18(13-11-17)29(27,28)25(14-16-6-2-1-3-7-16)15-21(26)24-20-9-5-4-8-19(20)23/h1-13H,14-15H2,(H,24,26). The predicted octanol–water partition coefficient (Wildman–Crippen LogP) is 3.79. The molecule has 3 rings (SSSR count). The highest BCUT2D eigenvalue weighted by molar-refractivity contribution is 7.89. The second-order valence-corrected chi connectivity index (χ2v) is 8.18. The molecule has 0 aliphatic heterocycles. The fraction of sp³-hybridized carbons (Fsp3) is 0.0952. The van der Waals surface area contributed by atoms with Gasteiger partial charge in [-0.25, -0.2) is 17.2 Å². The van der Waals surface area contributed by atoms with Gasteiger partial charge in [-0.1, -0.05) is 42.5 Å². The van der Waals surface area contributed by atoms with Crippen LogP contribution in [0.15, 0.2) is 83.8 Å². The molecule has 1 N–H and O–H groups in total. The van der Waals surface area contributed by atoms with E-state index in [2.05, 4.69) is 5.32 Å². The van der Waals surface area contributed by atoms with Gasteiger partial charge in [-0.05, 0) is 42.0 Å². The van der Waals surface area contributed by atoms with E-state index in [1.54, 1.807) is 36.4 Å². The molecule has 0 aliphatic carbocycles. The molecule has 150 valence electrons. The molecule has 1 amide bonds. The van der Waals surface area contributed by atoms with Gasteiger partial charge in [-0.15, -0.1) is 0 Å². The van der Waals surface area contributed by atoms with Crippen molar-refractivity contribution in [3.63, 3.8) is 0 Å². The zero-order valence-corrected chi connectivity index (χ0v) is 16.1. The third-order valence-corrected chi connectivity index (χ3v) is 5.93. The molecular weight excluding hydrogens is 398 g/mol. The quantitative estimate of drug-likeness (QED) is 0.637. The molecule has 0 spiro atoms. The Morgan fingerprint density at radius 2 is 1.48 bits per heavy atom. The second-order valence-electron chi connectivity index (χ2n) is 6.24. The lowest BCUT2D eigenvalue weighted by Gasteiger charge is -2.22. The van der Waals surface area contributed by atoms with Crippen LogP contribution in [-0.2, 0) is 21.4 Å². The molecule has 0 aromatic heterocycles. The summed E-state index contributed by atoms with van der Waals surface area (Å²) in [6.07, 6.45) is 0. The van der Waals surface area contributed by atoms with Crippen molar-refractivity contribution in [3.8, 4) is 0 Å². The van der Waals surface area contributed by atoms with E-state index in [0.717, 1.165) is 28.6 Å². The number of amides is 1. The van der Waals surface area contributed by atoms with E-state index in [1.807, 2.05) is 0 Å². The van der Waals surface area contributed by atoms with E-state index in [0.29, 0.717) is 5.56 Å². The first-order chi connectivity index (χ1) is 13.9. The monoisotopic (exact) mass is 416 g/mol. The third-order valence-electron chi connectivity index (χ3n) is 4.12. The van der Waals surface area contributed by atoms with Crippen molar-refractivity contribution in [2.75, 3.05) is 11.9 Å². The number of nitrogens with one attached hydrogen (secondary N) is 1. The molecular formula is C21H18F2N2O3S. The first-order valence-electron chi connectivity index (χ1n) is 8.70. The number of halogens is 2. The number of para-hydroxylation sites is 1. The number of rotatable bonds is 7. The summed E-state index contributed by atoms with van der Waals surface area (Å²) >= 11 is 0. The van der Waals surface area contributed by atoms with E-state index in [9.17, 15) is 22.0 Å². The van der Waals surface area contributed by atoms with Crippen LogP contribution in [0.4, 0.5) is 14.5 Å². The third kappa shape index (κ3) is 5.24. The van der Waals surface area contributed by atoms with Crippen LogP contribution < -0.4 is 5.32 Å². The Morgan fingerprint density at radius 3 is 2.14 bits per heavy atom. The van der Waals surface area contributed by atoms with Crippen LogP contribution in [0.5, 0.6) is 0 Å². The zero-order valence-electron chi connectivity index (χ0n) is 15.3. The van der Waals surface area contributed by atoms with Crippen LogP contribution in [0.3, 0.4) is 0 Å². The summed E-state index contributed by atoms with van der Waals surface area (Å²) in [6, 6.07) is 18.7. The Bertz CT molecular complexity index is 1090. The molecule has 0 saturated carbocycles. The van der Waals surface area contributed by atoms with Crippen LogP contribution in [0.2, 0.25) is 0 Å². The molecule has 0 atom stereocenters. The van der Waals surface area contributed by atoms with Crippen LogP contribution in [-0.4, -0.2) is 25.2 Å². The summed E-state index contributed by atoms with van der Waals surface area (Å²) in [7, 11) is -4.10. The summed E-state index contributed by atoms with van der Waals surface area (Å²) in [4.78, 5) is 12.3. The molecule has 8 heteroatoms. The van der Waals surface area contributed by atoms with Crippen molar-refractivity contribution in [2.45, 2.75) is 11.4 Å². The predicted molar refractivity (Wildman–Crippen MR) is 105 cm³/mol. The number of carbonyl (C=O) groups is 1. The largest absolute Gasteiger partial charge is 0.322 e. The molecule has 0 fully saturated rings. The van der Waals surface area contributed by atoms with Gasteiger partial charge in [0.15, 0.2) is 0 Å². The fourth-order valence-corrected chi connectivity index (χ4v) is 4.07. The molecule has 0 radical (unpaired) electrons. The summed E-state index contributed by atoms with van der Waals surface area (Å²) in [5.74, 6) is -1.90. The van der Waals surface area contributed by atoms with Gasteiger partial charge in [-0.3, -0.25) is 4.79 Å². The van der Waals surface area contributed by atoms with Crippen molar-refractivity contribution < 1.29 is 22.0 Å². The van der Waals surface area contributed by atoms with Crippen LogP contribution in [0.1, 0.15) is 5.56 Å². The second kappa shape index (κ2) is 8.93. The minimum Gasteiger partial charge on any atom is -0.322 e. The van der Waals surface area contributed by atoms with E-state index in [4.69, 9.17) is 0 Å². The molecule has 3 aromatic rings. The lowest BCUT2D eigenvalue weighted by molar-refractivity contribution is -0.116. The number of sulfonamides is 1. The Labute approximate surface area is 167 Å². The SMILES string of the molecule is O=C(CN(Cc1ccccc1)S(=O)(=O)c1ccc(F)cc1)Nc1ccccc1F. The van der Waals surface area contributed by atoms with E-state index in [-0.39, 0.29) is 17.1 Å². The Hall–Kier alpha value is -3.10. The molecule has 5 nitrogen and oxygen atoms in total. The number of benzene rings is 3. The van der Waals surface area contributed by atoms with Crippen LogP contribution in [0.25, 0.3) is 0 Å². The van der Waals surface area contributed by atoms with E-state index >= 15 is 0 Å². The minimum atomic E-state index is -4.10. The van der Waals surface area contributed by atoms with Crippen molar-refractivity contribution in [1.82, 2.24) is 4.31 Å². The lowest BCUT2D eigenvalue weighted by atomic mass is 10.2. The van der Waals surface area contributed by atoms with Crippen LogP contribution in [0, 0.1) is 11.6 Å². The molecule has 0 heterocycles. The number of nitrogens with zero attached hydrogens (tertiary/aromatic N) is 1. The van der Waals surface area contributed by atoms with Gasteiger partial charge in [0.2, 0.25) is 15.9 Å². The van der Waals surface area contributed by atoms with Crippen molar-refractivity contribution in [1.29, 1.82) is 0 Å². The zero-order chi connectivity index (χ0) is 20.9. The van der Waals surface area contributed by atoms with Gasteiger partial charge in [0.25, 0.3) is 0 Å². The molecule has 0 unspecified atom stereocenters. The van der Waals surface area contributed by atoms with Crippen molar-refractivity contribution >= 4 is 21.6 Å². The van der Waals surface area contributed by atoms with E-state index in [1.165, 1.54) is 18.2 Å². The summed E-state index contributed by atoms with van der Waals surface area (Å²) in [6.45, 7) is -0.617. The van der Waals surface area contributed by atoms with E-state index < -0.39 is 34.1 Å². The molecule has 29 heavy (non-hydrogen) atoms. The fourth-order valence-electron chi connectivity index (χ4n) is 2.68. The average molecular weight is 416 g/mol. The lowest BCUT2D eigenvalue weighted by Crippen LogP contribution is -2.37. The topological polar surface area (TPSA) is 66.5 Å². The smallest absolute Gasteiger partial charge is 0.243 e. The minimum absolute atomic E-state index is 0.0451. The average Bonchev–Trinajstić information content (AvgIpc) is 2.70. The summed E-state index contributed by atoms with van der Waals surface area (Å²) in [5.41, 5.74) is 0.619.